The van der Waals surface area contributed by atoms with Gasteiger partial charge in [-0.1, -0.05) is 87.0 Å². The number of carbonyl (C=O) groups is 6. The first-order chi connectivity index (χ1) is 41.7. The van der Waals surface area contributed by atoms with Gasteiger partial charge in [0.1, 0.15) is 41.1 Å². The Morgan fingerprint density at radius 2 is 1.12 bits per heavy atom. The van der Waals surface area contributed by atoms with Gasteiger partial charge in [-0.2, -0.15) is 5.10 Å². The van der Waals surface area contributed by atoms with Crippen molar-refractivity contribution in [3.63, 3.8) is 0 Å². The fourth-order valence-electron chi connectivity index (χ4n) is 9.33. The third-order valence-electron chi connectivity index (χ3n) is 14.4. The molecule has 86 heavy (non-hydrogen) atoms. The molecule has 0 unspecified atom stereocenters. The second-order valence-corrected chi connectivity index (χ2v) is 22.1. The van der Waals surface area contributed by atoms with E-state index >= 15 is 0 Å². The lowest BCUT2D eigenvalue weighted by Gasteiger charge is -2.25. The van der Waals surface area contributed by atoms with E-state index in [4.69, 9.17) is 33.2 Å². The van der Waals surface area contributed by atoms with Crippen molar-refractivity contribution in [2.45, 2.75) is 110 Å². The molecule has 2 aliphatic rings. The number of unbranched alkanes of at least 4 members (excludes halogenated alkanes) is 6. The predicted molar refractivity (Wildman–Crippen MR) is 332 cm³/mol. The lowest BCUT2D eigenvalue weighted by Crippen LogP contribution is -2.30. The predicted octanol–water partition coefficient (Wildman–Crippen LogP) is 14.0. The molecular weight excluding hydrogens is 1110 g/mol. The molecule has 17 nitrogen and oxygen atoms in total. The van der Waals surface area contributed by atoms with Crippen molar-refractivity contribution in [2.24, 2.45) is 28.8 Å². The highest BCUT2D eigenvalue weighted by atomic mass is 32.1. The average molecular weight is 1190 g/mol. The lowest BCUT2D eigenvalue weighted by molar-refractivity contribution is -0.145. The van der Waals surface area contributed by atoms with E-state index in [-0.39, 0.29) is 59.1 Å². The number of anilines is 1. The van der Waals surface area contributed by atoms with Crippen molar-refractivity contribution in [2.75, 3.05) is 38.0 Å². The Hall–Kier alpha value is -8.64. The van der Waals surface area contributed by atoms with E-state index in [1.54, 1.807) is 60.7 Å². The van der Waals surface area contributed by atoms with Gasteiger partial charge in [-0.3, -0.25) is 19.2 Å². The maximum atomic E-state index is 13.2. The quantitative estimate of drug-likeness (QED) is 0.00405. The SMILES string of the molecule is C=CC(=O)OCCCCCCOC(=C)/C=C\C(=C)OC(=O)C1CCC(C)CC1.C=CC(=O)OCCCCCCOc1ccc(OC(=O)C2CCC(C(=O)Oc3ccc(O)c(/C=N/N(CC(=O)c4ccccc4)c4nc5ccccc5s4)c3)CC2)cc1. The first-order valence-electron chi connectivity index (χ1n) is 29.4. The van der Waals surface area contributed by atoms with Crippen LogP contribution in [0.15, 0.2) is 164 Å². The maximum Gasteiger partial charge on any atom is 0.330 e. The van der Waals surface area contributed by atoms with Crippen LogP contribution in [0, 0.1) is 23.7 Å². The Bertz CT molecular complexity index is 3090. The number of nitrogens with zero attached hydrogens (tertiary/aromatic N) is 3. The van der Waals surface area contributed by atoms with Gasteiger partial charge in [-0.25, -0.2) is 19.6 Å². The van der Waals surface area contributed by atoms with Gasteiger partial charge >= 0.3 is 29.8 Å². The van der Waals surface area contributed by atoms with E-state index in [9.17, 15) is 33.9 Å². The van der Waals surface area contributed by atoms with E-state index in [0.717, 1.165) is 93.3 Å². The third-order valence-corrected chi connectivity index (χ3v) is 15.4. The van der Waals surface area contributed by atoms with E-state index in [1.165, 1.54) is 46.8 Å². The number of hydrogen-bond donors (Lipinski definition) is 1. The number of phenolic OH excluding ortho intramolecular Hbond substituents is 1. The van der Waals surface area contributed by atoms with Gasteiger partial charge in [-0.15, -0.1) is 0 Å². The summed E-state index contributed by atoms with van der Waals surface area (Å²) in [5.74, 6) is 0.0918. The average Bonchev–Trinajstić information content (AvgIpc) is 3.00. The smallest absolute Gasteiger partial charge is 0.330 e. The zero-order chi connectivity index (χ0) is 61.5. The Labute approximate surface area is 508 Å². The molecule has 18 heteroatoms. The van der Waals surface area contributed by atoms with Crippen LogP contribution < -0.4 is 19.2 Å². The number of allylic oxidation sites excluding steroid dienone is 2. The standard InChI is InChI=1S/C45H45N3O9S.C23H34O5/c1-2-42(51)55-27-11-4-3-10-26-54-35-20-22-36(23-21-35)56-43(52)32-16-18-33(19-17-32)44(53)57-37-24-25-39(49)34(28-37)29-46-48(30-40(50)31-12-6-5-7-13-31)45-47-38-14-8-9-15-41(38)58-45;1-5-22(24)27-17-9-7-6-8-16-26-19(3)12-13-20(4)28-23(25)21-14-10-18(2)11-15-21/h2,5-9,12-15,20-25,28-29,32-33,49H,1,3-4,10-11,16-19,26-27,30H2;5,12-13,18,21H,1,3-4,6-11,14-17H2,2H3/b46-29+;13-12-. The number of benzene rings is 4. The number of ketones is 1. The fourth-order valence-corrected chi connectivity index (χ4v) is 10.2. The minimum Gasteiger partial charge on any atom is -0.507 e. The van der Waals surface area contributed by atoms with Crippen molar-refractivity contribution in [1.82, 2.24) is 4.98 Å². The summed E-state index contributed by atoms with van der Waals surface area (Å²) in [4.78, 5) is 78.1. The molecule has 4 aromatic carbocycles. The minimum atomic E-state index is -0.422. The number of thiazole rings is 1. The highest BCUT2D eigenvalue weighted by Gasteiger charge is 2.32. The van der Waals surface area contributed by atoms with E-state index in [1.807, 2.05) is 30.3 Å². The number of aromatic hydroxyl groups is 1. The van der Waals surface area contributed by atoms with Gasteiger partial charge in [0.25, 0.3) is 0 Å². The molecule has 0 spiro atoms. The van der Waals surface area contributed by atoms with Crippen LogP contribution in [0.3, 0.4) is 0 Å². The highest BCUT2D eigenvalue weighted by Crippen LogP contribution is 2.34. The molecule has 1 N–H and O–H groups in total. The molecule has 0 bridgehead atoms. The molecule has 5 aromatic rings. The molecule has 456 valence electrons. The van der Waals surface area contributed by atoms with Crippen LogP contribution >= 0.6 is 11.3 Å². The summed E-state index contributed by atoms with van der Waals surface area (Å²) in [5, 5.41) is 17.2. The van der Waals surface area contributed by atoms with E-state index in [0.29, 0.717) is 91.7 Å². The van der Waals surface area contributed by atoms with Gasteiger partial charge in [0.05, 0.1) is 60.6 Å². The van der Waals surface area contributed by atoms with Crippen molar-refractivity contribution in [3.8, 4) is 23.0 Å². The van der Waals surface area contributed by atoms with Crippen LogP contribution in [0.5, 0.6) is 23.0 Å². The maximum absolute atomic E-state index is 13.2. The first-order valence-corrected chi connectivity index (χ1v) is 30.2. The first kappa shape index (κ1) is 66.5. The zero-order valence-electron chi connectivity index (χ0n) is 49.1. The van der Waals surface area contributed by atoms with E-state index < -0.39 is 17.9 Å². The molecule has 0 amide bonds. The molecular formula is C68H79N3O14S. The summed E-state index contributed by atoms with van der Waals surface area (Å²) < 4.78 is 38.8. The van der Waals surface area contributed by atoms with Gasteiger partial charge in [0, 0.05) is 23.3 Å². The molecule has 1 aromatic heterocycles. The van der Waals surface area contributed by atoms with Gasteiger partial charge in [0.2, 0.25) is 5.13 Å². The molecule has 0 aliphatic heterocycles. The van der Waals surface area contributed by atoms with Crippen LogP contribution in [-0.4, -0.2) is 84.9 Å². The molecule has 7 rings (SSSR count). The van der Waals surface area contributed by atoms with Crippen molar-refractivity contribution < 1.29 is 67.0 Å². The molecule has 0 radical (unpaired) electrons. The largest absolute Gasteiger partial charge is 0.507 e. The number of hydrogen-bond acceptors (Lipinski definition) is 18. The zero-order valence-corrected chi connectivity index (χ0v) is 49.9. The minimum absolute atomic E-state index is 0.0129. The molecule has 2 saturated carbocycles. The number of esters is 5. The van der Waals surface area contributed by atoms with Crippen molar-refractivity contribution in [1.29, 1.82) is 0 Å². The topological polar surface area (TPSA) is 216 Å². The number of aromatic nitrogens is 1. The van der Waals surface area contributed by atoms with Gasteiger partial charge in [-0.05, 0) is 175 Å². The Morgan fingerprint density at radius 3 is 1.72 bits per heavy atom. The second-order valence-electron chi connectivity index (χ2n) is 21.1. The fraction of sp³-hybridized carbons (Fsp3) is 0.382. The number of fused-ring (bicyclic) bond motifs is 1. The summed E-state index contributed by atoms with van der Waals surface area (Å²) in [5.41, 5.74) is 1.59. The Kier molecular flexibility index (Phi) is 28.0. The number of hydrazone groups is 1. The summed E-state index contributed by atoms with van der Waals surface area (Å²) in [6.07, 6.45) is 20.0. The normalized spacial score (nSPS) is 16.4. The third kappa shape index (κ3) is 23.4. The number of para-hydroxylation sites is 1. The summed E-state index contributed by atoms with van der Waals surface area (Å²) in [6, 6.07) is 27.9. The Balaban J connectivity index is 0.000000355. The monoisotopic (exact) mass is 1190 g/mol. The van der Waals surface area contributed by atoms with Crippen LogP contribution in [-0.2, 0) is 42.9 Å². The molecule has 0 saturated heterocycles. The Morgan fingerprint density at radius 1 is 0.605 bits per heavy atom. The highest BCUT2D eigenvalue weighted by molar-refractivity contribution is 7.22. The lowest BCUT2D eigenvalue weighted by atomic mass is 9.82. The van der Waals surface area contributed by atoms with Crippen LogP contribution in [0.2, 0.25) is 0 Å². The number of ether oxygens (including phenoxy) is 7. The number of phenols is 1. The van der Waals surface area contributed by atoms with Crippen molar-refractivity contribution >= 4 is 68.5 Å². The number of carbonyl (C=O) groups excluding carboxylic acids is 6. The summed E-state index contributed by atoms with van der Waals surface area (Å²) in [6.45, 7) is 18.3. The van der Waals surface area contributed by atoms with Crippen LogP contribution in [0.25, 0.3) is 10.2 Å². The van der Waals surface area contributed by atoms with Crippen LogP contribution in [0.4, 0.5) is 5.13 Å². The summed E-state index contributed by atoms with van der Waals surface area (Å²) in [7, 11) is 0. The van der Waals surface area contributed by atoms with E-state index in [2.05, 4.69) is 43.3 Å². The van der Waals surface area contributed by atoms with Crippen molar-refractivity contribution in [3.05, 3.63) is 170 Å². The molecule has 2 aliphatic carbocycles. The number of Topliss-reactive ketones (excluding diaryl/α,β-unsaturated/α-hetero) is 1. The molecule has 1 heterocycles. The molecule has 2 fully saturated rings. The summed E-state index contributed by atoms with van der Waals surface area (Å²) >= 11 is 1.39. The van der Waals surface area contributed by atoms with Crippen LogP contribution in [0.1, 0.15) is 126 Å². The molecule has 0 atom stereocenters. The van der Waals surface area contributed by atoms with Gasteiger partial charge < -0.3 is 38.3 Å². The van der Waals surface area contributed by atoms with Gasteiger partial charge in [0.15, 0.2) is 5.78 Å². The second kappa shape index (κ2) is 36.3. The number of rotatable bonds is 32.